The van der Waals surface area contributed by atoms with E-state index in [4.69, 9.17) is 55.0 Å². The van der Waals surface area contributed by atoms with Crippen molar-refractivity contribution in [3.63, 3.8) is 0 Å². The van der Waals surface area contributed by atoms with Crippen molar-refractivity contribution in [1.82, 2.24) is 44.5 Å². The molecule has 2 bridgehead atoms. The minimum absolute atomic E-state index is 0.0840. The molecule has 4 unspecified atom stereocenters. The second-order valence-corrected chi connectivity index (χ2v) is 32.8. The van der Waals surface area contributed by atoms with E-state index in [1.165, 1.54) is 6.33 Å². The molecule has 2 aliphatic carbocycles. The summed E-state index contributed by atoms with van der Waals surface area (Å²) < 4.78 is 62.9. The lowest BCUT2D eigenvalue weighted by Gasteiger charge is -2.43. The molecule has 11 atom stereocenters. The normalized spacial score (nSPS) is 35.5. The van der Waals surface area contributed by atoms with Gasteiger partial charge in [-0.05, 0) is 60.4 Å². The fourth-order valence-corrected chi connectivity index (χ4v) is 13.0. The van der Waals surface area contributed by atoms with Gasteiger partial charge in [0.15, 0.2) is 45.5 Å². The number of fused-ring (bicyclic) bond motifs is 4. The van der Waals surface area contributed by atoms with Crippen LogP contribution in [-0.2, 0) is 48.1 Å². The zero-order valence-corrected chi connectivity index (χ0v) is 39.6. The summed E-state index contributed by atoms with van der Waals surface area (Å²) in [5, 5.41) is 7.50. The lowest BCUT2D eigenvalue weighted by Crippen LogP contribution is -2.50. The predicted octanol–water partition coefficient (Wildman–Crippen LogP) is 3.89. The van der Waals surface area contributed by atoms with E-state index in [0.717, 1.165) is 4.68 Å². The van der Waals surface area contributed by atoms with Crippen LogP contribution in [0.4, 0.5) is 11.8 Å². The van der Waals surface area contributed by atoms with E-state index < -0.39 is 91.5 Å². The Morgan fingerprint density at radius 2 is 1.63 bits per heavy atom. The molecule has 27 heteroatoms. The van der Waals surface area contributed by atoms with Gasteiger partial charge in [-0.1, -0.05) is 46.8 Å². The van der Waals surface area contributed by atoms with Crippen molar-refractivity contribution in [2.24, 2.45) is 11.3 Å². The van der Waals surface area contributed by atoms with Crippen molar-refractivity contribution >= 4 is 77.1 Å². The van der Waals surface area contributed by atoms with Crippen molar-refractivity contribution in [3.8, 4) is 0 Å². The summed E-state index contributed by atoms with van der Waals surface area (Å²) in [5.41, 5.74) is 11.0. The Labute approximate surface area is 352 Å². The number of imidazole rings is 1. The van der Waals surface area contributed by atoms with Gasteiger partial charge in [0.1, 0.15) is 36.3 Å². The number of phosphoric acid groups is 1. The number of H-pyrrole nitrogens is 1. The molecule has 0 amide bonds. The Bertz CT molecular complexity index is 2500. The van der Waals surface area contributed by atoms with E-state index in [2.05, 4.69) is 69.1 Å². The molecule has 7 N–H and O–H groups in total. The van der Waals surface area contributed by atoms with Crippen LogP contribution in [0.3, 0.4) is 0 Å². The van der Waals surface area contributed by atoms with E-state index in [9.17, 15) is 19.1 Å². The molecule has 4 aromatic heterocycles. The van der Waals surface area contributed by atoms with Crippen LogP contribution in [0.2, 0.25) is 36.3 Å². The van der Waals surface area contributed by atoms with Gasteiger partial charge in [-0.3, -0.25) is 18.8 Å². The maximum Gasteiger partial charge on any atom is 0.472 e. The number of nitrogens with two attached hydrogens (primary N) is 2. The van der Waals surface area contributed by atoms with E-state index in [1.807, 2.05) is 38.4 Å². The summed E-state index contributed by atoms with van der Waals surface area (Å²) in [5.74, 6) is -0.348. The van der Waals surface area contributed by atoms with Crippen LogP contribution in [-0.4, -0.2) is 115 Å². The summed E-state index contributed by atoms with van der Waals surface area (Å²) in [7, 11) is -10.4. The number of nitrogens with one attached hydrogen (secondary N) is 1. The molecule has 4 aliphatic rings. The van der Waals surface area contributed by atoms with Crippen LogP contribution in [0.1, 0.15) is 60.2 Å². The zero-order chi connectivity index (χ0) is 43.7. The minimum atomic E-state index is -5.05. The molecule has 2 saturated carbocycles. The lowest BCUT2D eigenvalue weighted by molar-refractivity contribution is -0.0651. The first-order valence-electron chi connectivity index (χ1n) is 19.5. The van der Waals surface area contributed by atoms with Crippen molar-refractivity contribution in [2.45, 2.75) is 127 Å². The number of aromatic nitrogens is 9. The van der Waals surface area contributed by atoms with Gasteiger partial charge < -0.3 is 48.5 Å². The molecule has 4 fully saturated rings. The number of phosphoric ester groups is 1. The third-order valence-electron chi connectivity index (χ3n) is 13.3. The lowest BCUT2D eigenvalue weighted by atomic mass is 10.0. The van der Waals surface area contributed by atoms with E-state index in [0.29, 0.717) is 17.6 Å². The Balaban J connectivity index is 1.22. The number of anilines is 2. The van der Waals surface area contributed by atoms with Gasteiger partial charge in [-0.2, -0.15) is 9.67 Å². The summed E-state index contributed by atoms with van der Waals surface area (Å²) in [6.45, 7) is 15.5. The van der Waals surface area contributed by atoms with Crippen molar-refractivity contribution in [3.05, 3.63) is 23.0 Å². The Morgan fingerprint density at radius 3 is 2.30 bits per heavy atom. The van der Waals surface area contributed by atoms with Crippen LogP contribution >= 0.6 is 14.5 Å². The molecule has 22 nitrogen and oxygen atoms in total. The molecule has 330 valence electrons. The highest BCUT2D eigenvalue weighted by Crippen LogP contribution is 2.73. The number of ether oxygens (including phenoxy) is 1. The predicted molar refractivity (Wildman–Crippen MR) is 226 cm³/mol. The quantitative estimate of drug-likeness (QED) is 0.135. The molecule has 1 spiro atoms. The molecule has 6 heterocycles. The Morgan fingerprint density at radius 1 is 0.967 bits per heavy atom. The van der Waals surface area contributed by atoms with Crippen LogP contribution in [0.15, 0.2) is 17.4 Å². The summed E-state index contributed by atoms with van der Waals surface area (Å²) >= 11 is 5.79. The standard InChI is InChI=1S/C33H53N11O11P2SSi2/c1-31(2,3)59(7,8)54-21-17-12-49-57(48,58)53-24-22(55-60(9,10)32(4,5)6)20(43-15-38-18-25(34)36-14-37-26(18)43)16-11-33(16,24)13-50-56(46,47)52-23(21)29(51-17)44-27-19(41-42-44)28(45)40-30(35)39-27/h14-17,20-24,29H,11-13H2,1-10H3,(H,46,47)(H,48,58)(H2,34,36,37)(H3,35,39,40,45)/t16-,17-,20-,21?,22?,23-,24+,29-,33+,57?/m1/s1. The van der Waals surface area contributed by atoms with E-state index >= 15 is 0 Å². The second kappa shape index (κ2) is 14.5. The summed E-state index contributed by atoms with van der Waals surface area (Å²) in [6, 6.07) is -0.524. The third kappa shape index (κ3) is 7.54. The Kier molecular flexibility index (Phi) is 10.6. The fourth-order valence-electron chi connectivity index (χ4n) is 7.94. The average molecular weight is 930 g/mol. The monoisotopic (exact) mass is 929 g/mol. The van der Waals surface area contributed by atoms with Gasteiger partial charge in [-0.15, -0.1) is 5.10 Å². The highest BCUT2D eigenvalue weighted by atomic mass is 32.5. The number of rotatable bonds is 6. The first kappa shape index (κ1) is 44.0. The maximum atomic E-state index is 14.4. The van der Waals surface area contributed by atoms with Crippen molar-refractivity contribution in [1.29, 1.82) is 0 Å². The number of aromatic amines is 1. The van der Waals surface area contributed by atoms with Gasteiger partial charge >= 0.3 is 14.5 Å². The topological polar surface area (TPSA) is 294 Å². The number of hydrogen-bond donors (Lipinski definition) is 5. The van der Waals surface area contributed by atoms with Crippen molar-refractivity contribution in [2.75, 3.05) is 24.7 Å². The van der Waals surface area contributed by atoms with Gasteiger partial charge in [0.05, 0.1) is 31.7 Å². The van der Waals surface area contributed by atoms with Crippen LogP contribution < -0.4 is 17.0 Å². The molecule has 60 heavy (non-hydrogen) atoms. The molecule has 0 radical (unpaired) electrons. The Hall–Kier alpha value is -2.62. The third-order valence-corrected chi connectivity index (χ3v) is 24.7. The molecule has 2 saturated heterocycles. The van der Waals surface area contributed by atoms with Gasteiger partial charge in [0, 0.05) is 5.41 Å². The first-order valence-corrected chi connectivity index (χ1v) is 29.4. The first-order chi connectivity index (χ1) is 27.7. The highest BCUT2D eigenvalue weighted by molar-refractivity contribution is 8.07. The molecule has 0 aromatic carbocycles. The molecule has 8 rings (SSSR count). The maximum absolute atomic E-state index is 14.4. The second-order valence-electron chi connectivity index (χ2n) is 19.1. The van der Waals surface area contributed by atoms with Gasteiger partial charge in [-0.25, -0.2) is 19.5 Å². The minimum Gasteiger partial charge on any atom is -0.409 e. The highest BCUT2D eigenvalue weighted by Gasteiger charge is 2.75. The zero-order valence-electron chi connectivity index (χ0n) is 35.0. The molecule has 4 aromatic rings. The van der Waals surface area contributed by atoms with E-state index in [-0.39, 0.29) is 45.5 Å². The SMILES string of the molecule is CC(C)(C)[Si](C)(C)OC1[C@H]2OP(=O)(O)OC[C@@]34C[C@@H]3[C@@H](n3cnc5c(N)ncnc53)C(O[Si](C)(C)C(C)(C)C)[C@@H]4OP(O)(=S)OC[C@H]1O[C@H]2n1nnc2c(=O)[nH]c(N)nc21. The van der Waals surface area contributed by atoms with Crippen LogP contribution in [0.5, 0.6) is 0 Å². The average Bonchev–Trinajstić information content (AvgIpc) is 3.39. The summed E-state index contributed by atoms with van der Waals surface area (Å²) in [6.07, 6.45) is -3.51. The number of nitrogen functional groups attached to an aromatic ring is 2. The van der Waals surface area contributed by atoms with Crippen molar-refractivity contribution < 1.29 is 46.0 Å². The number of hydrogen-bond acceptors (Lipinski definition) is 18. The summed E-state index contributed by atoms with van der Waals surface area (Å²) in [4.78, 5) is 56.3. The largest absolute Gasteiger partial charge is 0.472 e. The van der Waals surface area contributed by atoms with Crippen LogP contribution in [0, 0.1) is 11.3 Å². The smallest absolute Gasteiger partial charge is 0.409 e. The number of nitrogens with zero attached hydrogens (tertiary/aromatic N) is 8. The molecular formula is C33H53N11O11P2SSi2. The van der Waals surface area contributed by atoms with Gasteiger partial charge in [0.2, 0.25) is 5.95 Å². The molecular weight excluding hydrogens is 877 g/mol. The van der Waals surface area contributed by atoms with Crippen LogP contribution in [0.25, 0.3) is 22.3 Å². The fraction of sp³-hybridized carbons (Fsp3) is 0.727. The van der Waals surface area contributed by atoms with Gasteiger partial charge in [0.25, 0.3) is 5.56 Å². The molecule has 2 aliphatic heterocycles. The van der Waals surface area contributed by atoms with E-state index in [1.54, 1.807) is 6.33 Å².